The average Bonchev–Trinajstić information content (AvgIpc) is 2.98. The van der Waals surface area contributed by atoms with Crippen molar-refractivity contribution in [1.29, 1.82) is 0 Å². The molecule has 1 amide bonds. The molecule has 3 rings (SSSR count). The summed E-state index contributed by atoms with van der Waals surface area (Å²) in [5.41, 5.74) is 0.584. The monoisotopic (exact) mass is 247 g/mol. The van der Waals surface area contributed by atoms with Gasteiger partial charge >= 0.3 is 11.8 Å². The van der Waals surface area contributed by atoms with Crippen molar-refractivity contribution in [3.63, 3.8) is 0 Å². The quantitative estimate of drug-likeness (QED) is 0.800. The predicted molar refractivity (Wildman–Crippen MR) is 60.7 cm³/mol. The van der Waals surface area contributed by atoms with Crippen molar-refractivity contribution in [2.75, 3.05) is 18.1 Å². The maximum atomic E-state index is 11.6. The van der Waals surface area contributed by atoms with E-state index < -0.39 is 11.8 Å². The van der Waals surface area contributed by atoms with Crippen LogP contribution >= 0.6 is 0 Å². The van der Waals surface area contributed by atoms with E-state index in [2.05, 4.69) is 15.5 Å². The summed E-state index contributed by atoms with van der Waals surface area (Å²) in [4.78, 5) is 24.5. The summed E-state index contributed by atoms with van der Waals surface area (Å²) in [6.07, 6.45) is -0.431. The molecule has 1 aromatic carbocycles. The number of ether oxygens (including phenoxy) is 1. The molecule has 0 bridgehead atoms. The van der Waals surface area contributed by atoms with Crippen LogP contribution < -0.4 is 10.6 Å². The lowest BCUT2D eigenvalue weighted by molar-refractivity contribution is 0.181. The maximum absolute atomic E-state index is 11.6. The average molecular weight is 247 g/mol. The number of cyclic esters (lactones) is 1. The lowest BCUT2D eigenvalue weighted by Crippen LogP contribution is -2.26. The van der Waals surface area contributed by atoms with E-state index >= 15 is 0 Å². The fourth-order valence-electron chi connectivity index (χ4n) is 1.84. The van der Waals surface area contributed by atoms with Crippen LogP contribution in [-0.2, 0) is 4.74 Å². The van der Waals surface area contributed by atoms with Gasteiger partial charge in [-0.25, -0.2) is 14.7 Å². The van der Waals surface area contributed by atoms with E-state index in [-0.39, 0.29) is 0 Å². The molecule has 2 aromatic rings. The molecule has 0 unspecified atom stereocenters. The van der Waals surface area contributed by atoms with Gasteiger partial charge in [-0.1, -0.05) is 12.1 Å². The molecule has 8 heteroatoms. The highest BCUT2D eigenvalue weighted by Gasteiger charge is 2.26. The molecule has 1 aromatic heterocycles. The SMILES string of the molecule is O=C1OCCN1c1ccccc1-n1nn[nH]c1=O. The van der Waals surface area contributed by atoms with Gasteiger partial charge in [0, 0.05) is 0 Å². The van der Waals surface area contributed by atoms with Crippen LogP contribution in [0.1, 0.15) is 0 Å². The number of hydrogen-bond acceptors (Lipinski definition) is 5. The summed E-state index contributed by atoms with van der Waals surface area (Å²) < 4.78 is 5.98. The van der Waals surface area contributed by atoms with Crippen LogP contribution in [0.15, 0.2) is 29.1 Å². The second-order valence-corrected chi connectivity index (χ2v) is 3.67. The van der Waals surface area contributed by atoms with Gasteiger partial charge in [0.2, 0.25) is 0 Å². The van der Waals surface area contributed by atoms with Crippen molar-refractivity contribution in [2.24, 2.45) is 0 Å². The first-order valence-electron chi connectivity index (χ1n) is 5.31. The van der Waals surface area contributed by atoms with Crippen molar-refractivity contribution >= 4 is 11.8 Å². The van der Waals surface area contributed by atoms with Gasteiger partial charge in [0.05, 0.1) is 17.9 Å². The number of carbonyl (C=O) groups is 1. The molecule has 0 radical (unpaired) electrons. The number of nitrogens with zero attached hydrogens (tertiary/aromatic N) is 4. The topological polar surface area (TPSA) is 93.1 Å². The molecular formula is C10H9N5O3. The fraction of sp³-hybridized carbons (Fsp3) is 0.200. The van der Waals surface area contributed by atoms with Gasteiger partial charge in [-0.15, -0.1) is 0 Å². The van der Waals surface area contributed by atoms with Crippen molar-refractivity contribution in [3.05, 3.63) is 34.7 Å². The molecule has 1 fully saturated rings. The summed E-state index contributed by atoms with van der Waals surface area (Å²) in [7, 11) is 0. The van der Waals surface area contributed by atoms with Gasteiger partial charge in [-0.3, -0.25) is 4.90 Å². The number of amides is 1. The van der Waals surface area contributed by atoms with Crippen LogP contribution in [-0.4, -0.2) is 39.5 Å². The Morgan fingerprint density at radius 2 is 2.00 bits per heavy atom. The van der Waals surface area contributed by atoms with Crippen LogP contribution in [0, 0.1) is 0 Å². The van der Waals surface area contributed by atoms with Gasteiger partial charge in [-0.05, 0) is 22.6 Å². The number of aromatic amines is 1. The number of hydrogen-bond donors (Lipinski definition) is 1. The minimum atomic E-state index is -0.463. The number of benzene rings is 1. The number of carbonyl (C=O) groups excluding carboxylic acids is 1. The summed E-state index contributed by atoms with van der Waals surface area (Å²) >= 11 is 0. The van der Waals surface area contributed by atoms with Crippen molar-refractivity contribution in [2.45, 2.75) is 0 Å². The molecule has 1 saturated heterocycles. The first-order chi connectivity index (χ1) is 8.77. The Morgan fingerprint density at radius 3 is 2.61 bits per heavy atom. The largest absolute Gasteiger partial charge is 0.447 e. The zero-order valence-corrected chi connectivity index (χ0v) is 9.24. The maximum Gasteiger partial charge on any atom is 0.414 e. The first kappa shape index (κ1) is 10.5. The Kier molecular flexibility index (Phi) is 2.33. The molecule has 18 heavy (non-hydrogen) atoms. The molecule has 0 atom stereocenters. The third-order valence-electron chi connectivity index (χ3n) is 2.63. The fourth-order valence-corrected chi connectivity index (χ4v) is 1.84. The number of anilines is 1. The van der Waals surface area contributed by atoms with E-state index in [9.17, 15) is 9.59 Å². The van der Waals surface area contributed by atoms with Crippen molar-refractivity contribution in [3.8, 4) is 5.69 Å². The van der Waals surface area contributed by atoms with E-state index in [1.165, 1.54) is 4.90 Å². The zero-order valence-electron chi connectivity index (χ0n) is 9.24. The Bertz CT molecular complexity index is 647. The first-order valence-corrected chi connectivity index (χ1v) is 5.31. The van der Waals surface area contributed by atoms with Gasteiger partial charge < -0.3 is 4.74 Å². The summed E-state index contributed by atoms with van der Waals surface area (Å²) in [6.45, 7) is 0.781. The summed E-state index contributed by atoms with van der Waals surface area (Å²) in [5, 5.41) is 9.30. The minimum Gasteiger partial charge on any atom is -0.447 e. The second-order valence-electron chi connectivity index (χ2n) is 3.67. The molecule has 2 heterocycles. The van der Waals surface area contributed by atoms with E-state index in [1.54, 1.807) is 24.3 Å². The molecule has 1 aliphatic rings. The molecule has 92 valence electrons. The van der Waals surface area contributed by atoms with E-state index in [1.807, 2.05) is 0 Å². The Labute approximate surface area is 101 Å². The molecule has 1 aliphatic heterocycles. The third-order valence-corrected chi connectivity index (χ3v) is 2.63. The van der Waals surface area contributed by atoms with Crippen molar-refractivity contribution in [1.82, 2.24) is 20.2 Å². The van der Waals surface area contributed by atoms with E-state index in [0.717, 1.165) is 4.68 Å². The van der Waals surface area contributed by atoms with E-state index in [0.29, 0.717) is 24.5 Å². The number of aromatic nitrogens is 4. The standard InChI is InChI=1S/C10H9N5O3/c16-9-11-12-13-15(9)8-4-2-1-3-7(8)14-5-6-18-10(14)17/h1-4H,5-6H2,(H,11,13,16). The number of tetrazole rings is 1. The van der Waals surface area contributed by atoms with Gasteiger partial charge in [-0.2, -0.15) is 4.68 Å². The third kappa shape index (κ3) is 1.54. The van der Waals surface area contributed by atoms with Crippen LogP contribution in [0.5, 0.6) is 0 Å². The molecule has 8 nitrogen and oxygen atoms in total. The number of nitrogens with one attached hydrogen (secondary N) is 1. The number of para-hydroxylation sites is 2. The highest BCUT2D eigenvalue weighted by Crippen LogP contribution is 2.25. The molecule has 1 N–H and O–H groups in total. The van der Waals surface area contributed by atoms with Gasteiger partial charge in [0.25, 0.3) is 0 Å². The molecular weight excluding hydrogens is 238 g/mol. The number of H-pyrrole nitrogens is 1. The molecule has 0 spiro atoms. The molecule has 0 aliphatic carbocycles. The number of rotatable bonds is 2. The Hall–Kier alpha value is -2.64. The summed E-state index contributed by atoms with van der Waals surface area (Å²) in [5.74, 6) is 0. The second kappa shape index (κ2) is 3.99. The lowest BCUT2D eigenvalue weighted by atomic mass is 10.2. The highest BCUT2D eigenvalue weighted by atomic mass is 16.6. The van der Waals surface area contributed by atoms with E-state index in [4.69, 9.17) is 4.74 Å². The molecule has 0 saturated carbocycles. The van der Waals surface area contributed by atoms with Crippen LogP contribution in [0.2, 0.25) is 0 Å². The normalized spacial score (nSPS) is 14.9. The van der Waals surface area contributed by atoms with Crippen LogP contribution in [0.25, 0.3) is 5.69 Å². The summed E-state index contributed by atoms with van der Waals surface area (Å²) in [6, 6.07) is 6.94. The van der Waals surface area contributed by atoms with Crippen LogP contribution in [0.3, 0.4) is 0 Å². The Morgan fingerprint density at radius 1 is 1.22 bits per heavy atom. The van der Waals surface area contributed by atoms with Crippen LogP contribution in [0.4, 0.5) is 10.5 Å². The van der Waals surface area contributed by atoms with Gasteiger partial charge in [0.1, 0.15) is 6.61 Å². The smallest absolute Gasteiger partial charge is 0.414 e. The highest BCUT2D eigenvalue weighted by molar-refractivity contribution is 5.91. The minimum absolute atomic E-state index is 0.334. The lowest BCUT2D eigenvalue weighted by Gasteiger charge is -2.15. The predicted octanol–water partition coefficient (Wildman–Crippen LogP) is -0.0878. The van der Waals surface area contributed by atoms with Gasteiger partial charge in [0.15, 0.2) is 0 Å². The van der Waals surface area contributed by atoms with Crippen molar-refractivity contribution < 1.29 is 9.53 Å². The Balaban J connectivity index is 2.14. The zero-order chi connectivity index (χ0) is 12.5.